The Labute approximate surface area is 162 Å². The van der Waals surface area contributed by atoms with E-state index in [1.54, 1.807) is 4.90 Å². The maximum Gasteiger partial charge on any atom is 0.331 e. The van der Waals surface area contributed by atoms with Crippen molar-refractivity contribution < 1.29 is 28.7 Å². The van der Waals surface area contributed by atoms with E-state index in [2.05, 4.69) is 0 Å². The number of likely N-dealkylation sites (tertiary alicyclic amines) is 1. The summed E-state index contributed by atoms with van der Waals surface area (Å²) >= 11 is 0. The number of fused-ring (bicyclic) bond motifs is 1. The minimum absolute atomic E-state index is 0.0167. The molecule has 2 heterocycles. The van der Waals surface area contributed by atoms with Gasteiger partial charge in [-0.25, -0.2) is 4.79 Å². The summed E-state index contributed by atoms with van der Waals surface area (Å²) in [7, 11) is 0. The van der Waals surface area contributed by atoms with Gasteiger partial charge in [-0.05, 0) is 45.3 Å². The molecule has 0 bridgehead atoms. The molecule has 0 aromatic heterocycles. The first-order chi connectivity index (χ1) is 13.4. The van der Waals surface area contributed by atoms with Crippen LogP contribution in [0.15, 0.2) is 18.2 Å². The summed E-state index contributed by atoms with van der Waals surface area (Å²) in [5.41, 5.74) is -0.0452. The zero-order valence-corrected chi connectivity index (χ0v) is 15.8. The largest absolute Gasteiger partial charge is 0.454 e. The summed E-state index contributed by atoms with van der Waals surface area (Å²) in [6, 6.07) is 2.89. The van der Waals surface area contributed by atoms with Crippen LogP contribution >= 0.6 is 0 Å². The lowest BCUT2D eigenvalue weighted by molar-refractivity contribution is -0.385. The SMILES string of the molecule is C[C@@H]1CCC[C@H](C)N1C(=O)COC(=O)/C=C/c1cc2c(cc1[N+](=O)[O-])OCO2. The summed E-state index contributed by atoms with van der Waals surface area (Å²) in [4.78, 5) is 36.8. The van der Waals surface area contributed by atoms with E-state index < -0.39 is 10.9 Å². The molecule has 2 atom stereocenters. The highest BCUT2D eigenvalue weighted by atomic mass is 16.7. The Kier molecular flexibility index (Phi) is 5.81. The van der Waals surface area contributed by atoms with Crippen LogP contribution in [0, 0.1) is 10.1 Å². The number of ether oxygens (including phenoxy) is 3. The van der Waals surface area contributed by atoms with Crippen LogP contribution in [0.1, 0.15) is 38.7 Å². The molecule has 0 N–H and O–H groups in total. The van der Waals surface area contributed by atoms with Gasteiger partial charge in [-0.3, -0.25) is 14.9 Å². The lowest BCUT2D eigenvalue weighted by Crippen LogP contribution is -2.49. The number of carbonyl (C=O) groups excluding carboxylic acids is 2. The molecule has 1 fully saturated rings. The third-order valence-corrected chi connectivity index (χ3v) is 4.94. The van der Waals surface area contributed by atoms with Crippen molar-refractivity contribution in [2.45, 2.75) is 45.2 Å². The lowest BCUT2D eigenvalue weighted by atomic mass is 9.97. The van der Waals surface area contributed by atoms with E-state index in [1.165, 1.54) is 18.2 Å². The number of amides is 1. The van der Waals surface area contributed by atoms with Crippen LogP contribution in [-0.4, -0.2) is 47.2 Å². The predicted molar refractivity (Wildman–Crippen MR) is 98.8 cm³/mol. The second kappa shape index (κ2) is 8.28. The van der Waals surface area contributed by atoms with Gasteiger partial charge in [0.25, 0.3) is 11.6 Å². The quantitative estimate of drug-likeness (QED) is 0.329. The van der Waals surface area contributed by atoms with Crippen LogP contribution < -0.4 is 9.47 Å². The molecule has 0 radical (unpaired) electrons. The first-order valence-electron chi connectivity index (χ1n) is 9.11. The first-order valence-corrected chi connectivity index (χ1v) is 9.11. The molecule has 9 heteroatoms. The van der Waals surface area contributed by atoms with E-state index >= 15 is 0 Å². The number of hydrogen-bond acceptors (Lipinski definition) is 7. The van der Waals surface area contributed by atoms with Gasteiger partial charge in [-0.1, -0.05) is 0 Å². The van der Waals surface area contributed by atoms with Crippen molar-refractivity contribution in [1.82, 2.24) is 4.90 Å². The van der Waals surface area contributed by atoms with Crippen molar-refractivity contribution in [3.63, 3.8) is 0 Å². The van der Waals surface area contributed by atoms with Gasteiger partial charge in [0.15, 0.2) is 18.1 Å². The number of nitrogens with zero attached hydrogens (tertiary/aromatic N) is 2. The fourth-order valence-electron chi connectivity index (χ4n) is 3.56. The molecule has 2 aliphatic rings. The third kappa shape index (κ3) is 4.24. The summed E-state index contributed by atoms with van der Waals surface area (Å²) in [6.07, 6.45) is 5.25. The molecule has 1 aromatic carbocycles. The fourth-order valence-corrected chi connectivity index (χ4v) is 3.56. The Morgan fingerprint density at radius 1 is 1.25 bits per heavy atom. The molecule has 9 nitrogen and oxygen atoms in total. The molecule has 28 heavy (non-hydrogen) atoms. The summed E-state index contributed by atoms with van der Waals surface area (Å²) in [5.74, 6) is -0.350. The highest BCUT2D eigenvalue weighted by Crippen LogP contribution is 2.38. The topological polar surface area (TPSA) is 108 Å². The Balaban J connectivity index is 1.63. The van der Waals surface area contributed by atoms with Crippen molar-refractivity contribution in [3.05, 3.63) is 33.9 Å². The zero-order chi connectivity index (χ0) is 20.3. The van der Waals surface area contributed by atoms with Crippen molar-refractivity contribution >= 4 is 23.6 Å². The summed E-state index contributed by atoms with van der Waals surface area (Å²) in [6.45, 7) is 3.58. The number of nitro benzene ring substituents is 1. The van der Waals surface area contributed by atoms with Crippen LogP contribution in [0.25, 0.3) is 6.08 Å². The van der Waals surface area contributed by atoms with E-state index in [9.17, 15) is 19.7 Å². The minimum atomic E-state index is -0.752. The predicted octanol–water partition coefficient (Wildman–Crippen LogP) is 2.67. The molecule has 2 aliphatic heterocycles. The number of hydrogen-bond donors (Lipinski definition) is 0. The molecule has 0 unspecified atom stereocenters. The van der Waals surface area contributed by atoms with Gasteiger partial charge in [0.2, 0.25) is 6.79 Å². The van der Waals surface area contributed by atoms with Gasteiger partial charge >= 0.3 is 5.97 Å². The Hall–Kier alpha value is -3.10. The molecule has 0 spiro atoms. The highest BCUT2D eigenvalue weighted by Gasteiger charge is 2.29. The highest BCUT2D eigenvalue weighted by molar-refractivity contribution is 5.90. The van der Waals surface area contributed by atoms with Crippen LogP contribution in [0.2, 0.25) is 0 Å². The van der Waals surface area contributed by atoms with Gasteiger partial charge in [-0.15, -0.1) is 0 Å². The van der Waals surface area contributed by atoms with Gasteiger partial charge in [-0.2, -0.15) is 0 Å². The number of esters is 1. The maximum absolute atomic E-state index is 12.4. The van der Waals surface area contributed by atoms with Gasteiger partial charge in [0, 0.05) is 18.2 Å². The molecule has 0 saturated carbocycles. The second-order valence-corrected chi connectivity index (χ2v) is 6.89. The van der Waals surface area contributed by atoms with Crippen molar-refractivity contribution in [2.24, 2.45) is 0 Å². The van der Waals surface area contributed by atoms with Crippen molar-refractivity contribution in [1.29, 1.82) is 0 Å². The second-order valence-electron chi connectivity index (χ2n) is 6.89. The summed E-state index contributed by atoms with van der Waals surface area (Å²) < 4.78 is 15.4. The molecular formula is C19H22N2O7. The van der Waals surface area contributed by atoms with Crippen LogP contribution in [0.5, 0.6) is 11.5 Å². The smallest absolute Gasteiger partial charge is 0.331 e. The Morgan fingerprint density at radius 3 is 2.54 bits per heavy atom. The van der Waals surface area contributed by atoms with E-state index in [4.69, 9.17) is 14.2 Å². The Bertz CT molecular complexity index is 811. The number of piperidine rings is 1. The molecule has 0 aliphatic carbocycles. The number of nitro groups is 1. The number of carbonyl (C=O) groups is 2. The van der Waals surface area contributed by atoms with E-state index in [0.29, 0.717) is 5.75 Å². The number of benzene rings is 1. The first kappa shape index (κ1) is 19.7. The number of rotatable bonds is 5. The molecule has 3 rings (SSSR count). The zero-order valence-electron chi connectivity index (χ0n) is 15.8. The minimum Gasteiger partial charge on any atom is -0.454 e. The standard InChI is InChI=1S/C19H22N2O7/c1-12-4-3-5-13(2)20(12)18(22)10-26-19(23)7-6-14-8-16-17(28-11-27-16)9-15(14)21(24)25/h6-9,12-13H,3-5,10-11H2,1-2H3/b7-6+/t12-,13+. The molecule has 1 saturated heterocycles. The van der Waals surface area contributed by atoms with Gasteiger partial charge in [0.05, 0.1) is 16.6 Å². The molecule has 150 valence electrons. The normalized spacial score (nSPS) is 21.0. The fraction of sp³-hybridized carbons (Fsp3) is 0.474. The molecule has 1 aromatic rings. The summed E-state index contributed by atoms with van der Waals surface area (Å²) in [5, 5.41) is 11.2. The van der Waals surface area contributed by atoms with E-state index in [1.807, 2.05) is 13.8 Å². The van der Waals surface area contributed by atoms with E-state index in [-0.39, 0.29) is 48.4 Å². The van der Waals surface area contributed by atoms with Crippen LogP contribution in [-0.2, 0) is 14.3 Å². The molecular weight excluding hydrogens is 368 g/mol. The van der Waals surface area contributed by atoms with Crippen molar-refractivity contribution in [3.8, 4) is 11.5 Å². The Morgan fingerprint density at radius 2 is 1.89 bits per heavy atom. The average molecular weight is 390 g/mol. The van der Waals surface area contributed by atoms with Crippen molar-refractivity contribution in [2.75, 3.05) is 13.4 Å². The average Bonchev–Trinajstić information content (AvgIpc) is 3.11. The monoisotopic (exact) mass is 390 g/mol. The third-order valence-electron chi connectivity index (χ3n) is 4.94. The lowest BCUT2D eigenvalue weighted by Gasteiger charge is -2.38. The molecule has 1 amide bonds. The van der Waals surface area contributed by atoms with Gasteiger partial charge in [0.1, 0.15) is 0 Å². The van der Waals surface area contributed by atoms with Crippen LogP contribution in [0.4, 0.5) is 5.69 Å². The van der Waals surface area contributed by atoms with Crippen LogP contribution in [0.3, 0.4) is 0 Å². The van der Waals surface area contributed by atoms with Gasteiger partial charge < -0.3 is 19.1 Å². The van der Waals surface area contributed by atoms with E-state index in [0.717, 1.165) is 25.3 Å². The maximum atomic E-state index is 12.4.